The number of aromatic nitrogens is 2. The quantitative estimate of drug-likeness (QED) is 0.107. The van der Waals surface area contributed by atoms with E-state index in [2.05, 4.69) is 9.97 Å². The van der Waals surface area contributed by atoms with E-state index in [1.165, 1.54) is 24.3 Å². The number of ether oxygens (including phenoxy) is 3. The van der Waals surface area contributed by atoms with E-state index in [9.17, 15) is 57.9 Å². The maximum Gasteiger partial charge on any atom is 0.417 e. The molecule has 1 amide bonds. The van der Waals surface area contributed by atoms with Crippen molar-refractivity contribution in [2.45, 2.75) is 35.1 Å². The topological polar surface area (TPSA) is 186 Å². The van der Waals surface area contributed by atoms with E-state index in [0.29, 0.717) is 20.7 Å². The number of halogens is 10. The molecule has 0 spiro atoms. The van der Waals surface area contributed by atoms with Gasteiger partial charge in [-0.15, -0.1) is 0 Å². The Balaban J connectivity index is 0.000000278. The van der Waals surface area contributed by atoms with E-state index in [-0.39, 0.29) is 47.2 Å². The molecule has 1 saturated heterocycles. The molecule has 0 saturated carbocycles. The average Bonchev–Trinajstić information content (AvgIpc) is 3.18. The number of nitrogens with zero attached hydrogens (tertiary/aromatic N) is 5. The van der Waals surface area contributed by atoms with Gasteiger partial charge in [-0.3, -0.25) is 4.79 Å². The summed E-state index contributed by atoms with van der Waals surface area (Å²) in [5.74, 6) is -2.17. The highest BCUT2D eigenvalue weighted by Gasteiger charge is 2.39. The molecule has 2 aromatic heterocycles. The van der Waals surface area contributed by atoms with Gasteiger partial charge in [0, 0.05) is 33.2 Å². The molecular formula is C35H31Cl4F6N5O10S2. The van der Waals surface area contributed by atoms with Crippen LogP contribution in [-0.4, -0.2) is 102 Å². The number of methoxy groups -OCH3 is 2. The van der Waals surface area contributed by atoms with E-state index in [1.54, 1.807) is 6.92 Å². The number of alkyl halides is 6. The van der Waals surface area contributed by atoms with Crippen LogP contribution in [0.3, 0.4) is 0 Å². The molecule has 1 atom stereocenters. The number of anilines is 2. The number of amides is 1. The molecule has 0 bridgehead atoms. The molecule has 27 heteroatoms. The normalized spacial score (nSPS) is 14.8. The van der Waals surface area contributed by atoms with Crippen LogP contribution in [0.4, 0.5) is 37.7 Å². The molecule has 338 valence electrons. The van der Waals surface area contributed by atoms with Crippen LogP contribution < -0.4 is 8.61 Å². The Bertz CT molecular complexity index is 2540. The molecule has 15 nitrogen and oxygen atoms in total. The summed E-state index contributed by atoms with van der Waals surface area (Å²) in [5, 5.41) is 7.82. The Morgan fingerprint density at radius 2 is 1.19 bits per heavy atom. The number of rotatable bonds is 12. The van der Waals surface area contributed by atoms with Crippen molar-refractivity contribution >= 4 is 89.7 Å². The minimum absolute atomic E-state index is 0.00460. The molecule has 4 aromatic rings. The van der Waals surface area contributed by atoms with Crippen molar-refractivity contribution in [3.8, 4) is 0 Å². The lowest BCUT2D eigenvalue weighted by atomic mass is 10.2. The van der Waals surface area contributed by atoms with Crippen LogP contribution in [0.5, 0.6) is 0 Å². The summed E-state index contributed by atoms with van der Waals surface area (Å²) in [6, 6.07) is 6.02. The number of carbonyl (C=O) groups excluding carboxylic acids is 1. The van der Waals surface area contributed by atoms with Gasteiger partial charge in [0.05, 0.1) is 71.6 Å². The second kappa shape index (κ2) is 20.1. The number of sulfonamides is 2. The summed E-state index contributed by atoms with van der Waals surface area (Å²) in [4.78, 5) is 32.3. The summed E-state index contributed by atoms with van der Waals surface area (Å²) in [6.07, 6.45) is -7.64. The van der Waals surface area contributed by atoms with Crippen LogP contribution in [0.25, 0.3) is 0 Å². The maximum atomic E-state index is 13.5. The Morgan fingerprint density at radius 3 is 1.58 bits per heavy atom. The van der Waals surface area contributed by atoms with Crippen molar-refractivity contribution in [3.63, 3.8) is 0 Å². The number of carbonyl (C=O) groups is 2. The van der Waals surface area contributed by atoms with Gasteiger partial charge in [0.15, 0.2) is 11.4 Å². The second-order valence-electron chi connectivity index (χ2n) is 12.6. The first-order chi connectivity index (χ1) is 28.8. The molecule has 1 unspecified atom stereocenters. The molecule has 5 rings (SSSR count). The molecule has 62 heavy (non-hydrogen) atoms. The lowest BCUT2D eigenvalue weighted by Gasteiger charge is -2.34. The average molecular weight is 1000 g/mol. The summed E-state index contributed by atoms with van der Waals surface area (Å²) in [5.41, 5.74) is -4.36. The van der Waals surface area contributed by atoms with E-state index < -0.39 is 100 Å². The third-order valence-electron chi connectivity index (χ3n) is 8.39. The highest BCUT2D eigenvalue weighted by Crippen LogP contribution is 2.39. The molecular weight excluding hydrogens is 970 g/mol. The lowest BCUT2D eigenvalue weighted by Crippen LogP contribution is -2.48. The van der Waals surface area contributed by atoms with Gasteiger partial charge >= 0.3 is 18.3 Å². The smallest absolute Gasteiger partial charge is 0.417 e. The van der Waals surface area contributed by atoms with E-state index in [4.69, 9.17) is 60.6 Å². The summed E-state index contributed by atoms with van der Waals surface area (Å²) in [6.45, 7) is 1.21. The van der Waals surface area contributed by atoms with Gasteiger partial charge in [0.25, 0.3) is 26.0 Å². The first kappa shape index (κ1) is 50.4. The number of carboxylic acid groups (broad SMARTS) is 1. The van der Waals surface area contributed by atoms with Crippen molar-refractivity contribution in [1.29, 1.82) is 0 Å². The largest absolute Gasteiger partial charge is 0.476 e. The fraction of sp³-hybridized carbons (Fsp3) is 0.314. The molecule has 0 aliphatic carbocycles. The zero-order valence-electron chi connectivity index (χ0n) is 31.8. The highest BCUT2D eigenvalue weighted by atomic mass is 35.5. The third-order valence-corrected chi connectivity index (χ3v) is 12.9. The standard InChI is InChI=1S/C20H20Cl2F3N3O5S.C15H11Cl2F3N2O5S/c1-12-10-33-6-5-27(12)19(29)18-17(7-13(21)9-26-18)28(11-32-2)34(30,31)14-3-4-16(22)15(8-14)20(23,24)25;1-27-7-22(12-4-8(16)6-21-13(12)14(23)24)28(25,26)9-2-3-11(17)10(5-9)15(18,19)20/h3-4,7-9,12H,5-6,10-11H2,1-2H3;2-6H,7H2,1H3,(H,23,24). The number of morpholine rings is 1. The van der Waals surface area contributed by atoms with Crippen molar-refractivity contribution in [2.24, 2.45) is 0 Å². The van der Waals surface area contributed by atoms with E-state index in [1.807, 2.05) is 0 Å². The van der Waals surface area contributed by atoms with Gasteiger partial charge in [-0.2, -0.15) is 26.3 Å². The van der Waals surface area contributed by atoms with Crippen LogP contribution >= 0.6 is 46.4 Å². The number of benzene rings is 2. The Morgan fingerprint density at radius 1 is 0.774 bits per heavy atom. The fourth-order valence-electron chi connectivity index (χ4n) is 5.52. The predicted octanol–water partition coefficient (Wildman–Crippen LogP) is 7.97. The second-order valence-corrected chi connectivity index (χ2v) is 18.0. The number of aromatic carboxylic acids is 1. The van der Waals surface area contributed by atoms with Crippen LogP contribution in [-0.2, 0) is 46.6 Å². The zero-order valence-corrected chi connectivity index (χ0v) is 36.5. The Hall–Kier alpha value is -4.20. The number of pyridine rings is 2. The number of carboxylic acids is 1. The molecule has 0 radical (unpaired) electrons. The minimum Gasteiger partial charge on any atom is -0.476 e. The number of hydrogen-bond acceptors (Lipinski definition) is 11. The SMILES string of the molecule is COCN(c1cc(Cl)cnc1C(=O)N1CCOCC1C)S(=O)(=O)c1ccc(Cl)c(C(F)(F)F)c1.COCN(c1cc(Cl)cnc1C(=O)O)S(=O)(=O)c1ccc(Cl)c(C(F)(F)F)c1. The van der Waals surface area contributed by atoms with Gasteiger partial charge in [0.2, 0.25) is 0 Å². The Labute approximate surface area is 369 Å². The van der Waals surface area contributed by atoms with Crippen molar-refractivity contribution in [1.82, 2.24) is 14.9 Å². The van der Waals surface area contributed by atoms with Gasteiger partial charge in [-0.25, -0.2) is 40.2 Å². The van der Waals surface area contributed by atoms with Crippen LogP contribution in [0.15, 0.2) is 70.7 Å². The monoisotopic (exact) mass is 999 g/mol. The lowest BCUT2D eigenvalue weighted by molar-refractivity contribution is -0.138. The first-order valence-corrected chi connectivity index (χ1v) is 21.4. The molecule has 2 aromatic carbocycles. The van der Waals surface area contributed by atoms with Crippen LogP contribution in [0, 0.1) is 0 Å². The number of hydrogen-bond donors (Lipinski definition) is 1. The third kappa shape index (κ3) is 11.5. The van der Waals surface area contributed by atoms with Gasteiger partial charge in [-0.1, -0.05) is 46.4 Å². The predicted molar refractivity (Wildman–Crippen MR) is 213 cm³/mol. The molecule has 1 fully saturated rings. The van der Waals surface area contributed by atoms with Gasteiger partial charge in [-0.05, 0) is 55.5 Å². The van der Waals surface area contributed by atoms with Crippen LogP contribution in [0.2, 0.25) is 20.1 Å². The molecule has 1 aliphatic rings. The molecule has 3 heterocycles. The Kier molecular flexibility index (Phi) is 16.4. The van der Waals surface area contributed by atoms with Gasteiger partial charge < -0.3 is 24.2 Å². The highest BCUT2D eigenvalue weighted by molar-refractivity contribution is 7.93. The maximum absolute atomic E-state index is 13.5. The zero-order chi connectivity index (χ0) is 46.5. The molecule has 1 N–H and O–H groups in total. The summed E-state index contributed by atoms with van der Waals surface area (Å²) >= 11 is 23.0. The first-order valence-electron chi connectivity index (χ1n) is 17.0. The van der Waals surface area contributed by atoms with Crippen molar-refractivity contribution < 1.29 is 72.1 Å². The minimum atomic E-state index is -4.90. The van der Waals surface area contributed by atoms with E-state index >= 15 is 0 Å². The summed E-state index contributed by atoms with van der Waals surface area (Å²) in [7, 11) is -7.07. The molecule has 1 aliphatic heterocycles. The van der Waals surface area contributed by atoms with Gasteiger partial charge in [0.1, 0.15) is 13.5 Å². The summed E-state index contributed by atoms with van der Waals surface area (Å²) < 4.78 is 148. The van der Waals surface area contributed by atoms with Crippen molar-refractivity contribution in [2.75, 3.05) is 56.1 Å². The van der Waals surface area contributed by atoms with Crippen molar-refractivity contribution in [3.05, 3.63) is 104 Å². The van der Waals surface area contributed by atoms with Crippen LogP contribution in [0.1, 0.15) is 39.0 Å². The fourth-order valence-corrected chi connectivity index (χ4v) is 9.08. The van der Waals surface area contributed by atoms with E-state index in [0.717, 1.165) is 43.6 Å².